The molecule has 0 radical (unpaired) electrons. The van der Waals surface area contributed by atoms with E-state index < -0.39 is 11.6 Å². The van der Waals surface area contributed by atoms with Gasteiger partial charge in [0.1, 0.15) is 5.69 Å². The zero-order valence-electron chi connectivity index (χ0n) is 15.5. The number of carbonyl (C=O) groups excluding carboxylic acids is 2. The average molecular weight is 348 g/mol. The zero-order valence-corrected chi connectivity index (χ0v) is 15.5. The van der Waals surface area contributed by atoms with Gasteiger partial charge in [0.25, 0.3) is 5.91 Å². The Labute approximate surface area is 148 Å². The molecule has 138 valence electrons. The lowest BCUT2D eigenvalue weighted by molar-refractivity contribution is -0.156. The first-order chi connectivity index (χ1) is 11.7. The van der Waals surface area contributed by atoms with Crippen molar-refractivity contribution in [3.63, 3.8) is 0 Å². The van der Waals surface area contributed by atoms with Crippen molar-refractivity contribution in [3.8, 4) is 0 Å². The number of piperidine rings is 2. The van der Waals surface area contributed by atoms with Crippen molar-refractivity contribution >= 4 is 11.8 Å². The summed E-state index contributed by atoms with van der Waals surface area (Å²) in [5, 5.41) is 14.7. The Morgan fingerprint density at radius 3 is 2.44 bits per heavy atom. The van der Waals surface area contributed by atoms with Crippen LogP contribution in [0.4, 0.5) is 0 Å². The molecule has 7 heteroatoms. The molecule has 1 spiro atoms. The summed E-state index contributed by atoms with van der Waals surface area (Å²) in [6, 6.07) is 1.73. The minimum atomic E-state index is -0.551. The maximum Gasteiger partial charge on any atom is 0.272 e. The van der Waals surface area contributed by atoms with Gasteiger partial charge in [-0.15, -0.1) is 0 Å². The zero-order chi connectivity index (χ0) is 18.4. The number of aliphatic hydroxyl groups excluding tert-OH is 1. The molecule has 25 heavy (non-hydrogen) atoms. The normalized spacial score (nSPS) is 25.2. The largest absolute Gasteiger partial charge is 0.391 e. The Kier molecular flexibility index (Phi) is 4.39. The topological polar surface area (TPSA) is 78.7 Å². The highest BCUT2D eigenvalue weighted by atomic mass is 16.3. The molecule has 0 unspecified atom stereocenters. The third kappa shape index (κ3) is 3.05. The number of nitrogens with zero attached hydrogens (tertiary/aromatic N) is 4. The summed E-state index contributed by atoms with van der Waals surface area (Å²) >= 11 is 0. The van der Waals surface area contributed by atoms with Crippen molar-refractivity contribution in [2.75, 3.05) is 19.6 Å². The Morgan fingerprint density at radius 2 is 1.92 bits per heavy atom. The van der Waals surface area contributed by atoms with Crippen LogP contribution in [0, 0.1) is 5.41 Å². The lowest BCUT2D eigenvalue weighted by Crippen LogP contribution is -2.64. The number of amides is 2. The van der Waals surface area contributed by atoms with Crippen LogP contribution in [-0.4, -0.2) is 67.8 Å². The molecule has 2 fully saturated rings. The lowest BCUT2D eigenvalue weighted by atomic mass is 9.67. The van der Waals surface area contributed by atoms with E-state index in [2.05, 4.69) is 5.10 Å². The van der Waals surface area contributed by atoms with Gasteiger partial charge in [-0.1, -0.05) is 0 Å². The molecular formula is C18H28N4O3. The molecule has 7 nitrogen and oxygen atoms in total. The fourth-order valence-corrected chi connectivity index (χ4v) is 4.25. The quantitative estimate of drug-likeness (QED) is 0.822. The summed E-state index contributed by atoms with van der Waals surface area (Å²) in [6.45, 7) is 7.35. The predicted molar refractivity (Wildman–Crippen MR) is 92.9 cm³/mol. The number of aromatic nitrogens is 2. The van der Waals surface area contributed by atoms with Crippen LogP contribution in [0.3, 0.4) is 0 Å². The van der Waals surface area contributed by atoms with Crippen LogP contribution in [0.1, 0.15) is 50.5 Å². The number of aliphatic hydroxyl groups is 1. The molecule has 1 N–H and O–H groups in total. The number of rotatable bonds is 1. The van der Waals surface area contributed by atoms with E-state index in [1.54, 1.807) is 35.8 Å². The van der Waals surface area contributed by atoms with Gasteiger partial charge in [-0.25, -0.2) is 0 Å². The fraction of sp³-hybridized carbons (Fsp3) is 0.722. The first kappa shape index (κ1) is 17.9. The Hall–Kier alpha value is -1.89. The van der Waals surface area contributed by atoms with E-state index in [1.165, 1.54) is 0 Å². The van der Waals surface area contributed by atoms with Gasteiger partial charge in [0.2, 0.25) is 5.91 Å². The SMILES string of the molecule is CC(=O)N1CC2(CCN(C(=O)c3ccnn3C)CC2)C[C@H](O)C1(C)C. The van der Waals surface area contributed by atoms with Crippen LogP contribution in [0.25, 0.3) is 0 Å². The van der Waals surface area contributed by atoms with Crippen LogP contribution < -0.4 is 0 Å². The minimum Gasteiger partial charge on any atom is -0.391 e. The van der Waals surface area contributed by atoms with Gasteiger partial charge >= 0.3 is 0 Å². The third-order valence-electron chi connectivity index (χ3n) is 6.16. The van der Waals surface area contributed by atoms with Crippen LogP contribution >= 0.6 is 0 Å². The van der Waals surface area contributed by atoms with E-state index in [9.17, 15) is 14.7 Å². The molecule has 0 aliphatic carbocycles. The first-order valence-electron chi connectivity index (χ1n) is 8.90. The molecule has 1 atom stereocenters. The Balaban J connectivity index is 1.72. The van der Waals surface area contributed by atoms with E-state index in [1.807, 2.05) is 18.7 Å². The minimum absolute atomic E-state index is 0.00323. The van der Waals surface area contributed by atoms with Crippen molar-refractivity contribution < 1.29 is 14.7 Å². The summed E-state index contributed by atoms with van der Waals surface area (Å²) in [5.41, 5.74) is -0.0612. The van der Waals surface area contributed by atoms with E-state index in [-0.39, 0.29) is 17.2 Å². The molecule has 2 aliphatic rings. The van der Waals surface area contributed by atoms with Gasteiger partial charge in [-0.3, -0.25) is 14.3 Å². The molecular weight excluding hydrogens is 320 g/mol. The molecule has 1 aromatic heterocycles. The van der Waals surface area contributed by atoms with Gasteiger partial charge < -0.3 is 14.9 Å². The number of aryl methyl sites for hydroxylation is 1. The van der Waals surface area contributed by atoms with E-state index in [0.29, 0.717) is 31.7 Å². The van der Waals surface area contributed by atoms with Gasteiger partial charge in [0.05, 0.1) is 11.6 Å². The second-order valence-corrected chi connectivity index (χ2v) is 8.11. The van der Waals surface area contributed by atoms with Crippen LogP contribution in [-0.2, 0) is 11.8 Å². The summed E-state index contributed by atoms with van der Waals surface area (Å²) in [4.78, 5) is 28.4. The van der Waals surface area contributed by atoms with E-state index in [0.717, 1.165) is 12.8 Å². The highest BCUT2D eigenvalue weighted by Crippen LogP contribution is 2.45. The molecule has 3 heterocycles. The van der Waals surface area contributed by atoms with Crippen LogP contribution in [0.2, 0.25) is 0 Å². The van der Waals surface area contributed by atoms with E-state index in [4.69, 9.17) is 0 Å². The molecule has 0 aromatic carbocycles. The van der Waals surface area contributed by atoms with Crippen molar-refractivity contribution in [2.24, 2.45) is 12.5 Å². The second kappa shape index (κ2) is 6.12. The summed E-state index contributed by atoms with van der Waals surface area (Å²) in [7, 11) is 1.77. The monoisotopic (exact) mass is 348 g/mol. The first-order valence-corrected chi connectivity index (χ1v) is 8.90. The average Bonchev–Trinajstić information content (AvgIpc) is 2.97. The molecule has 3 rings (SSSR count). The molecule has 2 amide bonds. The molecule has 0 bridgehead atoms. The number of likely N-dealkylation sites (tertiary alicyclic amines) is 2. The van der Waals surface area contributed by atoms with Gasteiger partial charge in [0.15, 0.2) is 0 Å². The summed E-state index contributed by atoms with van der Waals surface area (Å²) in [6.07, 6.45) is 3.35. The van der Waals surface area contributed by atoms with Gasteiger partial charge in [0, 0.05) is 39.8 Å². The lowest BCUT2D eigenvalue weighted by Gasteiger charge is -2.55. The second-order valence-electron chi connectivity index (χ2n) is 8.11. The molecule has 2 aliphatic heterocycles. The summed E-state index contributed by atoms with van der Waals surface area (Å²) < 4.78 is 1.59. The highest BCUT2D eigenvalue weighted by Gasteiger charge is 2.50. The smallest absolute Gasteiger partial charge is 0.272 e. The number of hydrogen-bond acceptors (Lipinski definition) is 4. The summed E-state index contributed by atoms with van der Waals surface area (Å²) in [5.74, 6) is -0.00789. The third-order valence-corrected chi connectivity index (χ3v) is 6.16. The Morgan fingerprint density at radius 1 is 1.28 bits per heavy atom. The van der Waals surface area contributed by atoms with E-state index >= 15 is 0 Å². The maximum absolute atomic E-state index is 12.6. The molecule has 2 saturated heterocycles. The number of hydrogen-bond donors (Lipinski definition) is 1. The van der Waals surface area contributed by atoms with Crippen molar-refractivity contribution in [1.82, 2.24) is 19.6 Å². The van der Waals surface area contributed by atoms with Gasteiger partial charge in [-0.05, 0) is 44.6 Å². The van der Waals surface area contributed by atoms with Crippen molar-refractivity contribution in [1.29, 1.82) is 0 Å². The van der Waals surface area contributed by atoms with Crippen LogP contribution in [0.5, 0.6) is 0 Å². The van der Waals surface area contributed by atoms with Gasteiger partial charge in [-0.2, -0.15) is 5.10 Å². The predicted octanol–water partition coefficient (Wildman–Crippen LogP) is 1.03. The van der Waals surface area contributed by atoms with Crippen molar-refractivity contribution in [3.05, 3.63) is 18.0 Å². The maximum atomic E-state index is 12.6. The molecule has 0 saturated carbocycles. The van der Waals surface area contributed by atoms with Crippen molar-refractivity contribution in [2.45, 2.75) is 51.7 Å². The standard InChI is InChI=1S/C18H28N4O3/c1-13(23)22-12-18(11-15(24)17(22,2)3)6-9-21(10-7-18)16(25)14-5-8-19-20(14)4/h5,8,15,24H,6-7,9-12H2,1-4H3/t15-/m0/s1. The fourth-order valence-electron chi connectivity index (χ4n) is 4.25. The molecule has 1 aromatic rings. The number of carbonyl (C=O) groups is 2. The highest BCUT2D eigenvalue weighted by molar-refractivity contribution is 5.92. The Bertz CT molecular complexity index is 674. The van der Waals surface area contributed by atoms with Crippen LogP contribution in [0.15, 0.2) is 12.3 Å².